The first-order valence-electron chi connectivity index (χ1n) is 9.59. The maximum absolute atomic E-state index is 13.5. The molecular formula is C22H25N3O5S. The van der Waals surface area contributed by atoms with Gasteiger partial charge in [-0.3, -0.25) is 9.10 Å². The van der Waals surface area contributed by atoms with Crippen LogP contribution in [0.15, 0.2) is 51.9 Å². The lowest BCUT2D eigenvalue weighted by Gasteiger charge is -2.24. The van der Waals surface area contributed by atoms with E-state index in [0.717, 1.165) is 15.4 Å². The minimum Gasteiger partial charge on any atom is -0.497 e. The molecule has 1 N–H and O–H groups in total. The molecule has 0 spiro atoms. The number of carbonyl (C=O) groups excluding carboxylic acids is 1. The van der Waals surface area contributed by atoms with Crippen LogP contribution in [0.5, 0.6) is 5.75 Å². The summed E-state index contributed by atoms with van der Waals surface area (Å²) in [6.07, 6.45) is 0. The Balaban J connectivity index is 1.98. The highest BCUT2D eigenvalue weighted by atomic mass is 32.2. The zero-order valence-electron chi connectivity index (χ0n) is 18.1. The number of nitrogens with one attached hydrogen (secondary N) is 1. The molecule has 1 aromatic heterocycles. The third kappa shape index (κ3) is 4.88. The van der Waals surface area contributed by atoms with Gasteiger partial charge in [0.2, 0.25) is 5.91 Å². The van der Waals surface area contributed by atoms with E-state index < -0.39 is 22.5 Å². The van der Waals surface area contributed by atoms with E-state index in [0.29, 0.717) is 17.1 Å². The van der Waals surface area contributed by atoms with Gasteiger partial charge in [-0.1, -0.05) is 11.2 Å². The van der Waals surface area contributed by atoms with Crippen molar-refractivity contribution in [2.45, 2.75) is 32.6 Å². The van der Waals surface area contributed by atoms with Crippen molar-refractivity contribution in [1.82, 2.24) is 5.16 Å². The van der Waals surface area contributed by atoms with Gasteiger partial charge < -0.3 is 14.6 Å². The molecule has 31 heavy (non-hydrogen) atoms. The summed E-state index contributed by atoms with van der Waals surface area (Å²) >= 11 is 0. The molecule has 0 bridgehead atoms. The second-order valence-corrected chi connectivity index (χ2v) is 9.09. The van der Waals surface area contributed by atoms with Crippen molar-refractivity contribution >= 4 is 27.3 Å². The van der Waals surface area contributed by atoms with E-state index in [1.807, 2.05) is 32.0 Å². The van der Waals surface area contributed by atoms with Gasteiger partial charge >= 0.3 is 0 Å². The molecule has 9 heteroatoms. The molecule has 0 atom stereocenters. The average molecular weight is 444 g/mol. The van der Waals surface area contributed by atoms with Crippen molar-refractivity contribution < 1.29 is 22.5 Å². The van der Waals surface area contributed by atoms with Crippen LogP contribution < -0.4 is 14.4 Å². The van der Waals surface area contributed by atoms with Crippen molar-refractivity contribution in [3.05, 3.63) is 65.0 Å². The summed E-state index contributed by atoms with van der Waals surface area (Å²) in [5.41, 5.74) is 3.13. The Kier molecular flexibility index (Phi) is 6.35. The number of methoxy groups -OCH3 is 1. The standard InChI is InChI=1S/C22H25N3O5S/c1-14-10-15(2)12-18(11-14)23-21(26)13-25(19-6-8-20(29-5)9-7-19)31(27,28)22-16(3)24-30-17(22)4/h6-12H,13H2,1-5H3,(H,23,26). The molecule has 1 heterocycles. The third-order valence-corrected chi connectivity index (χ3v) is 6.69. The number of rotatable bonds is 7. The minimum atomic E-state index is -4.12. The van der Waals surface area contributed by atoms with Gasteiger partial charge in [0.05, 0.1) is 12.8 Å². The Labute approximate surface area is 181 Å². The summed E-state index contributed by atoms with van der Waals surface area (Å²) in [6.45, 7) is 6.49. The molecule has 0 unspecified atom stereocenters. The molecule has 2 aromatic carbocycles. The molecule has 0 saturated heterocycles. The number of hydrogen-bond acceptors (Lipinski definition) is 6. The van der Waals surface area contributed by atoms with Crippen LogP contribution in [0.25, 0.3) is 0 Å². The van der Waals surface area contributed by atoms with Crippen LogP contribution in [0.1, 0.15) is 22.6 Å². The van der Waals surface area contributed by atoms with Gasteiger partial charge in [0, 0.05) is 5.69 Å². The maximum atomic E-state index is 13.5. The van der Waals surface area contributed by atoms with Gasteiger partial charge in [0.1, 0.15) is 18.0 Å². The van der Waals surface area contributed by atoms with Crippen LogP contribution in [0.2, 0.25) is 0 Å². The predicted molar refractivity (Wildman–Crippen MR) is 118 cm³/mol. The minimum absolute atomic E-state index is 0.0532. The van der Waals surface area contributed by atoms with Crippen LogP contribution in [0.4, 0.5) is 11.4 Å². The molecule has 8 nitrogen and oxygen atoms in total. The zero-order chi connectivity index (χ0) is 22.8. The van der Waals surface area contributed by atoms with Crippen LogP contribution in [0, 0.1) is 27.7 Å². The average Bonchev–Trinajstić information content (AvgIpc) is 3.04. The predicted octanol–water partition coefficient (Wildman–Crippen LogP) is 3.75. The summed E-state index contributed by atoms with van der Waals surface area (Å²) in [5.74, 6) is 0.250. The second-order valence-electron chi connectivity index (χ2n) is 7.29. The molecule has 164 valence electrons. The molecule has 0 aliphatic heterocycles. The van der Waals surface area contributed by atoms with Gasteiger partial charge in [0.25, 0.3) is 10.0 Å². The van der Waals surface area contributed by atoms with Crippen molar-refractivity contribution in [3.8, 4) is 5.75 Å². The highest BCUT2D eigenvalue weighted by Crippen LogP contribution is 2.29. The monoisotopic (exact) mass is 443 g/mol. The van der Waals surface area contributed by atoms with E-state index in [9.17, 15) is 13.2 Å². The normalized spacial score (nSPS) is 11.3. The number of anilines is 2. The number of aromatic nitrogens is 1. The number of sulfonamides is 1. The molecule has 1 amide bonds. The molecule has 0 radical (unpaired) electrons. The number of nitrogens with zero attached hydrogens (tertiary/aromatic N) is 2. The number of amides is 1. The highest BCUT2D eigenvalue weighted by molar-refractivity contribution is 7.93. The largest absolute Gasteiger partial charge is 0.497 e. The van der Waals surface area contributed by atoms with Gasteiger partial charge in [-0.15, -0.1) is 0 Å². The van der Waals surface area contributed by atoms with Crippen molar-refractivity contribution in [2.75, 3.05) is 23.3 Å². The van der Waals surface area contributed by atoms with E-state index in [-0.39, 0.29) is 16.3 Å². The molecule has 3 rings (SSSR count). The van der Waals surface area contributed by atoms with E-state index in [2.05, 4.69) is 10.5 Å². The number of hydrogen-bond donors (Lipinski definition) is 1. The SMILES string of the molecule is COc1ccc(N(CC(=O)Nc2cc(C)cc(C)c2)S(=O)(=O)c2c(C)noc2C)cc1. The zero-order valence-corrected chi connectivity index (χ0v) is 18.9. The van der Waals surface area contributed by atoms with Crippen molar-refractivity contribution in [2.24, 2.45) is 0 Å². The molecule has 0 aliphatic rings. The van der Waals surface area contributed by atoms with Gasteiger partial charge in [-0.2, -0.15) is 0 Å². The van der Waals surface area contributed by atoms with Crippen LogP contribution in [-0.4, -0.2) is 33.1 Å². The highest BCUT2D eigenvalue weighted by Gasteiger charge is 2.33. The van der Waals surface area contributed by atoms with E-state index in [1.165, 1.54) is 14.0 Å². The molecule has 3 aromatic rings. The van der Waals surface area contributed by atoms with E-state index in [4.69, 9.17) is 9.26 Å². The number of carbonyl (C=O) groups is 1. The Morgan fingerprint density at radius 1 is 1.06 bits per heavy atom. The Morgan fingerprint density at radius 2 is 1.68 bits per heavy atom. The lowest BCUT2D eigenvalue weighted by Crippen LogP contribution is -2.38. The van der Waals surface area contributed by atoms with E-state index >= 15 is 0 Å². The summed E-state index contributed by atoms with van der Waals surface area (Å²) in [4.78, 5) is 12.8. The molecular weight excluding hydrogens is 418 g/mol. The third-order valence-electron chi connectivity index (χ3n) is 4.67. The quantitative estimate of drug-likeness (QED) is 0.597. The number of benzene rings is 2. The van der Waals surface area contributed by atoms with Crippen LogP contribution in [0.3, 0.4) is 0 Å². The van der Waals surface area contributed by atoms with Crippen molar-refractivity contribution in [3.63, 3.8) is 0 Å². The van der Waals surface area contributed by atoms with Crippen LogP contribution in [-0.2, 0) is 14.8 Å². The fraction of sp³-hybridized carbons (Fsp3) is 0.273. The van der Waals surface area contributed by atoms with Gasteiger partial charge in [0.15, 0.2) is 10.7 Å². The first kappa shape index (κ1) is 22.4. The number of ether oxygens (including phenoxy) is 1. The fourth-order valence-electron chi connectivity index (χ4n) is 3.39. The first-order valence-corrected chi connectivity index (χ1v) is 11.0. The van der Waals surface area contributed by atoms with Gasteiger partial charge in [-0.05, 0) is 75.2 Å². The maximum Gasteiger partial charge on any atom is 0.270 e. The summed E-state index contributed by atoms with van der Waals surface area (Å²) in [5, 5.41) is 6.53. The number of aryl methyl sites for hydroxylation is 4. The lowest BCUT2D eigenvalue weighted by atomic mass is 10.1. The Bertz CT molecular complexity index is 1160. The molecule has 0 saturated carbocycles. The van der Waals surface area contributed by atoms with Gasteiger partial charge in [-0.25, -0.2) is 8.42 Å². The Hall–Kier alpha value is -3.33. The summed E-state index contributed by atoms with van der Waals surface area (Å²) in [7, 11) is -2.60. The lowest BCUT2D eigenvalue weighted by molar-refractivity contribution is -0.114. The topological polar surface area (TPSA) is 102 Å². The van der Waals surface area contributed by atoms with Crippen LogP contribution >= 0.6 is 0 Å². The van der Waals surface area contributed by atoms with E-state index in [1.54, 1.807) is 31.2 Å². The Morgan fingerprint density at radius 3 is 2.19 bits per heavy atom. The second kappa shape index (κ2) is 8.81. The molecule has 0 aliphatic carbocycles. The van der Waals surface area contributed by atoms with Crippen molar-refractivity contribution in [1.29, 1.82) is 0 Å². The molecule has 0 fully saturated rings. The summed E-state index contributed by atoms with van der Waals surface area (Å²) in [6, 6.07) is 12.1. The first-order chi connectivity index (χ1) is 14.6. The smallest absolute Gasteiger partial charge is 0.270 e. The fourth-order valence-corrected chi connectivity index (χ4v) is 5.11. The summed E-state index contributed by atoms with van der Waals surface area (Å²) < 4.78 is 38.3.